The van der Waals surface area contributed by atoms with Crippen LogP contribution in [-0.4, -0.2) is 25.3 Å². The van der Waals surface area contributed by atoms with Gasteiger partial charge in [-0.1, -0.05) is 18.6 Å². The van der Waals surface area contributed by atoms with Crippen molar-refractivity contribution in [3.8, 4) is 0 Å². The maximum absolute atomic E-state index is 9.46. The highest BCUT2D eigenvalue weighted by Crippen LogP contribution is 2.41. The molecule has 2 rings (SSSR count). The zero-order valence-corrected chi connectivity index (χ0v) is 10.2. The lowest BCUT2D eigenvalue weighted by atomic mass is 9.69. The van der Waals surface area contributed by atoms with E-state index in [0.717, 1.165) is 6.54 Å². The van der Waals surface area contributed by atoms with Gasteiger partial charge in [0, 0.05) is 24.7 Å². The van der Waals surface area contributed by atoms with Crippen LogP contribution < -0.4 is 4.90 Å². The van der Waals surface area contributed by atoms with Gasteiger partial charge in [0.25, 0.3) is 0 Å². The maximum atomic E-state index is 9.46. The fourth-order valence-electron chi connectivity index (χ4n) is 2.50. The summed E-state index contributed by atoms with van der Waals surface area (Å²) in [6.45, 7) is 3.40. The molecule has 0 unspecified atom stereocenters. The molecule has 0 aliphatic heterocycles. The minimum absolute atomic E-state index is 0.165. The van der Waals surface area contributed by atoms with Crippen LogP contribution in [0, 0.1) is 12.3 Å². The van der Waals surface area contributed by atoms with Crippen molar-refractivity contribution in [2.75, 3.05) is 25.1 Å². The van der Waals surface area contributed by atoms with Crippen molar-refractivity contribution < 1.29 is 5.11 Å². The van der Waals surface area contributed by atoms with Crippen molar-refractivity contribution in [2.45, 2.75) is 26.2 Å². The average Bonchev–Trinajstić information content (AvgIpc) is 2.23. The van der Waals surface area contributed by atoms with Crippen LogP contribution in [0.4, 0.5) is 5.69 Å². The van der Waals surface area contributed by atoms with Crippen LogP contribution in [0.1, 0.15) is 24.8 Å². The Hall–Kier alpha value is -1.02. The van der Waals surface area contributed by atoms with Crippen LogP contribution in [0.15, 0.2) is 24.3 Å². The number of aliphatic hydroxyl groups is 1. The Morgan fingerprint density at radius 2 is 2.12 bits per heavy atom. The smallest absolute Gasteiger partial charge is 0.0504 e. The van der Waals surface area contributed by atoms with Crippen molar-refractivity contribution in [3.63, 3.8) is 0 Å². The van der Waals surface area contributed by atoms with Crippen LogP contribution in [0.2, 0.25) is 0 Å². The van der Waals surface area contributed by atoms with Crippen molar-refractivity contribution >= 4 is 5.69 Å². The lowest BCUT2D eigenvalue weighted by Crippen LogP contribution is -2.43. The molecule has 0 amide bonds. The van der Waals surface area contributed by atoms with Crippen LogP contribution in [-0.2, 0) is 0 Å². The number of aryl methyl sites for hydroxylation is 1. The minimum atomic E-state index is 0.165. The molecule has 2 nitrogen and oxygen atoms in total. The lowest BCUT2D eigenvalue weighted by Gasteiger charge is -2.43. The second kappa shape index (κ2) is 4.46. The molecule has 0 atom stereocenters. The van der Waals surface area contributed by atoms with E-state index in [-0.39, 0.29) is 5.41 Å². The molecule has 1 aliphatic carbocycles. The highest BCUT2D eigenvalue weighted by molar-refractivity contribution is 5.47. The van der Waals surface area contributed by atoms with Gasteiger partial charge in [-0.15, -0.1) is 0 Å². The summed E-state index contributed by atoms with van der Waals surface area (Å²) in [5, 5.41) is 9.46. The average molecular weight is 219 g/mol. The quantitative estimate of drug-likeness (QED) is 0.841. The van der Waals surface area contributed by atoms with Crippen LogP contribution in [0.3, 0.4) is 0 Å². The van der Waals surface area contributed by atoms with Gasteiger partial charge in [0.05, 0.1) is 6.61 Å². The number of nitrogens with zero attached hydrogens (tertiary/aromatic N) is 1. The molecule has 1 saturated carbocycles. The summed E-state index contributed by atoms with van der Waals surface area (Å²) in [5.41, 5.74) is 2.70. The summed E-state index contributed by atoms with van der Waals surface area (Å²) in [7, 11) is 2.12. The molecular weight excluding hydrogens is 198 g/mol. The Morgan fingerprint density at radius 1 is 1.38 bits per heavy atom. The van der Waals surface area contributed by atoms with Crippen LogP contribution >= 0.6 is 0 Å². The molecule has 0 saturated heterocycles. The van der Waals surface area contributed by atoms with Gasteiger partial charge in [-0.2, -0.15) is 0 Å². The van der Waals surface area contributed by atoms with Crippen molar-refractivity contribution in [2.24, 2.45) is 5.41 Å². The predicted octanol–water partition coefficient (Wildman–Crippen LogP) is 2.59. The second-order valence-corrected chi connectivity index (χ2v) is 5.21. The zero-order chi connectivity index (χ0) is 11.6. The SMILES string of the molecule is Cc1cccc(N(C)CC2(CO)CCC2)c1. The van der Waals surface area contributed by atoms with E-state index in [2.05, 4.69) is 43.1 Å². The number of hydrogen-bond donors (Lipinski definition) is 1. The van der Waals surface area contributed by atoms with Gasteiger partial charge in [0.1, 0.15) is 0 Å². The van der Waals surface area contributed by atoms with E-state index in [4.69, 9.17) is 0 Å². The molecule has 0 heterocycles. The molecule has 1 N–H and O–H groups in total. The van der Waals surface area contributed by atoms with Crippen molar-refractivity contribution in [1.82, 2.24) is 0 Å². The van der Waals surface area contributed by atoms with E-state index in [1.165, 1.54) is 30.5 Å². The zero-order valence-electron chi connectivity index (χ0n) is 10.2. The molecule has 0 spiro atoms. The minimum Gasteiger partial charge on any atom is -0.396 e. The largest absolute Gasteiger partial charge is 0.396 e. The van der Waals surface area contributed by atoms with Gasteiger partial charge in [-0.25, -0.2) is 0 Å². The Labute approximate surface area is 97.9 Å². The summed E-state index contributed by atoms with van der Waals surface area (Å²) in [4.78, 5) is 2.27. The summed E-state index contributed by atoms with van der Waals surface area (Å²) in [6, 6.07) is 8.54. The lowest BCUT2D eigenvalue weighted by molar-refractivity contribution is 0.0524. The van der Waals surface area contributed by atoms with E-state index in [0.29, 0.717) is 6.61 Å². The van der Waals surface area contributed by atoms with Gasteiger partial charge in [-0.05, 0) is 37.5 Å². The molecule has 16 heavy (non-hydrogen) atoms. The van der Waals surface area contributed by atoms with Gasteiger partial charge in [0.15, 0.2) is 0 Å². The number of rotatable bonds is 4. The first-order chi connectivity index (χ1) is 7.65. The first-order valence-corrected chi connectivity index (χ1v) is 6.04. The molecule has 0 bridgehead atoms. The summed E-state index contributed by atoms with van der Waals surface area (Å²) in [5.74, 6) is 0. The summed E-state index contributed by atoms with van der Waals surface area (Å²) in [6.07, 6.45) is 3.60. The Bertz CT molecular complexity index is 352. The normalized spacial score (nSPS) is 17.9. The number of hydrogen-bond acceptors (Lipinski definition) is 2. The molecule has 1 aromatic rings. The number of aliphatic hydroxyl groups excluding tert-OH is 1. The molecule has 0 radical (unpaired) electrons. The topological polar surface area (TPSA) is 23.5 Å². The molecule has 1 fully saturated rings. The third-order valence-electron chi connectivity index (χ3n) is 3.76. The third-order valence-corrected chi connectivity index (χ3v) is 3.76. The van der Waals surface area contributed by atoms with Gasteiger partial charge >= 0.3 is 0 Å². The molecule has 0 aromatic heterocycles. The summed E-state index contributed by atoms with van der Waals surface area (Å²) >= 11 is 0. The predicted molar refractivity (Wildman–Crippen MR) is 67.8 cm³/mol. The first kappa shape index (κ1) is 11.5. The van der Waals surface area contributed by atoms with E-state index in [1.807, 2.05) is 0 Å². The molecule has 2 heteroatoms. The standard InChI is InChI=1S/C14H21NO/c1-12-5-3-6-13(9-12)15(2)10-14(11-16)7-4-8-14/h3,5-6,9,16H,4,7-8,10-11H2,1-2H3. The number of anilines is 1. The fraction of sp³-hybridized carbons (Fsp3) is 0.571. The van der Waals surface area contributed by atoms with Gasteiger partial charge in [-0.3, -0.25) is 0 Å². The Morgan fingerprint density at radius 3 is 2.62 bits per heavy atom. The Kier molecular flexibility index (Phi) is 3.20. The van der Waals surface area contributed by atoms with Gasteiger partial charge in [0.2, 0.25) is 0 Å². The highest BCUT2D eigenvalue weighted by Gasteiger charge is 2.37. The van der Waals surface area contributed by atoms with Crippen LogP contribution in [0.5, 0.6) is 0 Å². The number of benzene rings is 1. The first-order valence-electron chi connectivity index (χ1n) is 6.04. The Balaban J connectivity index is 2.05. The second-order valence-electron chi connectivity index (χ2n) is 5.21. The van der Waals surface area contributed by atoms with E-state index in [9.17, 15) is 5.11 Å². The fourth-order valence-corrected chi connectivity index (χ4v) is 2.50. The maximum Gasteiger partial charge on any atom is 0.0504 e. The van der Waals surface area contributed by atoms with E-state index >= 15 is 0 Å². The van der Waals surface area contributed by atoms with E-state index in [1.54, 1.807) is 0 Å². The summed E-state index contributed by atoms with van der Waals surface area (Å²) < 4.78 is 0. The monoisotopic (exact) mass is 219 g/mol. The van der Waals surface area contributed by atoms with Gasteiger partial charge < -0.3 is 10.0 Å². The molecule has 88 valence electrons. The third kappa shape index (κ3) is 2.22. The molecule has 1 aromatic carbocycles. The van der Waals surface area contributed by atoms with Crippen LogP contribution in [0.25, 0.3) is 0 Å². The van der Waals surface area contributed by atoms with E-state index < -0.39 is 0 Å². The molecular formula is C14H21NO. The molecule has 1 aliphatic rings. The van der Waals surface area contributed by atoms with Crippen molar-refractivity contribution in [1.29, 1.82) is 0 Å². The van der Waals surface area contributed by atoms with Crippen molar-refractivity contribution in [3.05, 3.63) is 29.8 Å². The highest BCUT2D eigenvalue weighted by atomic mass is 16.3.